The minimum atomic E-state index is 0.107. The van der Waals surface area contributed by atoms with Crippen molar-refractivity contribution in [3.05, 3.63) is 12.3 Å². The van der Waals surface area contributed by atoms with Crippen molar-refractivity contribution in [2.75, 3.05) is 50.1 Å². The summed E-state index contributed by atoms with van der Waals surface area (Å²) >= 11 is 0. The first-order valence-corrected chi connectivity index (χ1v) is 9.16. The van der Waals surface area contributed by atoms with Gasteiger partial charge in [-0.15, -0.1) is 0 Å². The number of hydrogen-bond acceptors (Lipinski definition) is 5. The van der Waals surface area contributed by atoms with Crippen LogP contribution in [0.2, 0.25) is 0 Å². The molecule has 130 valence electrons. The Bertz CT molecular complexity index is 607. The van der Waals surface area contributed by atoms with Crippen LogP contribution in [0.3, 0.4) is 0 Å². The van der Waals surface area contributed by atoms with E-state index in [1.54, 1.807) is 6.20 Å². The molecule has 1 amide bonds. The number of nitrogens with zero attached hydrogens (tertiary/aromatic N) is 5. The third-order valence-electron chi connectivity index (χ3n) is 5.94. The molecular weight excluding hydrogens is 302 g/mol. The molecule has 2 saturated heterocycles. The van der Waals surface area contributed by atoms with E-state index in [4.69, 9.17) is 0 Å². The highest BCUT2D eigenvalue weighted by Gasteiger charge is 2.41. The first-order valence-electron chi connectivity index (χ1n) is 9.16. The Hall–Kier alpha value is -1.85. The van der Waals surface area contributed by atoms with Crippen LogP contribution < -0.4 is 9.80 Å². The number of fused-ring (bicyclic) bond motifs is 1. The molecule has 0 aromatic carbocycles. The highest BCUT2D eigenvalue weighted by atomic mass is 16.2. The molecule has 4 rings (SSSR count). The summed E-state index contributed by atoms with van der Waals surface area (Å²) in [7, 11) is 3.96. The Morgan fingerprint density at radius 1 is 1.17 bits per heavy atom. The Morgan fingerprint density at radius 2 is 1.92 bits per heavy atom. The summed E-state index contributed by atoms with van der Waals surface area (Å²) in [5.41, 5.74) is 0. The Morgan fingerprint density at radius 3 is 2.62 bits per heavy atom. The van der Waals surface area contributed by atoms with Crippen molar-refractivity contribution >= 4 is 17.7 Å². The zero-order chi connectivity index (χ0) is 16.7. The van der Waals surface area contributed by atoms with E-state index in [2.05, 4.69) is 19.8 Å². The molecule has 0 bridgehead atoms. The van der Waals surface area contributed by atoms with Gasteiger partial charge in [-0.05, 0) is 37.2 Å². The van der Waals surface area contributed by atoms with Crippen LogP contribution in [-0.4, -0.2) is 61.0 Å². The second-order valence-electron chi connectivity index (χ2n) is 7.74. The van der Waals surface area contributed by atoms with E-state index in [1.807, 2.05) is 25.1 Å². The maximum Gasteiger partial charge on any atom is 0.227 e. The maximum atomic E-state index is 12.9. The monoisotopic (exact) mass is 329 g/mol. The summed E-state index contributed by atoms with van der Waals surface area (Å²) in [5.74, 6) is 3.65. The molecule has 1 aliphatic carbocycles. The van der Waals surface area contributed by atoms with Gasteiger partial charge in [-0.3, -0.25) is 4.79 Å². The van der Waals surface area contributed by atoms with Crippen molar-refractivity contribution in [2.45, 2.75) is 25.7 Å². The van der Waals surface area contributed by atoms with Gasteiger partial charge in [-0.25, -0.2) is 4.98 Å². The molecule has 0 N–H and O–H groups in total. The predicted octanol–water partition coefficient (Wildman–Crippen LogP) is 1.63. The summed E-state index contributed by atoms with van der Waals surface area (Å²) in [6.07, 6.45) is 6.70. The van der Waals surface area contributed by atoms with Gasteiger partial charge in [0.15, 0.2) is 0 Å². The van der Waals surface area contributed by atoms with Gasteiger partial charge in [0.2, 0.25) is 11.9 Å². The number of rotatable bonds is 3. The van der Waals surface area contributed by atoms with Gasteiger partial charge < -0.3 is 14.7 Å². The molecule has 3 aliphatic rings. The minimum absolute atomic E-state index is 0.107. The summed E-state index contributed by atoms with van der Waals surface area (Å²) in [6.45, 7) is 3.61. The second-order valence-corrected chi connectivity index (χ2v) is 7.74. The molecule has 2 aliphatic heterocycles. The fourth-order valence-corrected chi connectivity index (χ4v) is 4.56. The fourth-order valence-electron chi connectivity index (χ4n) is 4.56. The molecule has 3 atom stereocenters. The highest BCUT2D eigenvalue weighted by molar-refractivity contribution is 5.80. The molecule has 6 nitrogen and oxygen atoms in total. The topological polar surface area (TPSA) is 52.6 Å². The summed E-state index contributed by atoms with van der Waals surface area (Å²) < 4.78 is 0. The van der Waals surface area contributed by atoms with Crippen molar-refractivity contribution in [2.24, 2.45) is 17.8 Å². The molecule has 1 aromatic heterocycles. The van der Waals surface area contributed by atoms with Crippen LogP contribution in [0.1, 0.15) is 25.7 Å². The van der Waals surface area contributed by atoms with Crippen LogP contribution in [0, 0.1) is 17.8 Å². The van der Waals surface area contributed by atoms with Crippen molar-refractivity contribution in [1.29, 1.82) is 0 Å². The van der Waals surface area contributed by atoms with Gasteiger partial charge in [0.05, 0.1) is 5.92 Å². The van der Waals surface area contributed by atoms with Gasteiger partial charge in [-0.2, -0.15) is 4.98 Å². The van der Waals surface area contributed by atoms with E-state index in [0.29, 0.717) is 5.91 Å². The molecule has 3 heterocycles. The molecule has 1 saturated carbocycles. The van der Waals surface area contributed by atoms with Gasteiger partial charge in [0, 0.05) is 46.5 Å². The molecule has 0 spiro atoms. The number of anilines is 2. The molecule has 6 heteroatoms. The van der Waals surface area contributed by atoms with Crippen LogP contribution in [0.25, 0.3) is 0 Å². The van der Waals surface area contributed by atoms with Gasteiger partial charge in [-0.1, -0.05) is 6.42 Å². The number of aromatic nitrogens is 2. The van der Waals surface area contributed by atoms with Gasteiger partial charge >= 0.3 is 0 Å². The van der Waals surface area contributed by atoms with E-state index in [9.17, 15) is 4.79 Å². The predicted molar refractivity (Wildman–Crippen MR) is 94.1 cm³/mol. The second kappa shape index (κ2) is 6.22. The zero-order valence-corrected chi connectivity index (χ0v) is 14.7. The first-order chi connectivity index (χ1) is 11.6. The third kappa shape index (κ3) is 2.82. The Kier molecular flexibility index (Phi) is 4.06. The molecule has 0 radical (unpaired) electrons. The van der Waals surface area contributed by atoms with Crippen molar-refractivity contribution in [3.63, 3.8) is 0 Å². The smallest absolute Gasteiger partial charge is 0.227 e. The molecule has 3 unspecified atom stereocenters. The Labute approximate surface area is 143 Å². The van der Waals surface area contributed by atoms with E-state index in [1.165, 1.54) is 19.3 Å². The average Bonchev–Trinajstić information content (AvgIpc) is 3.29. The van der Waals surface area contributed by atoms with Crippen LogP contribution in [0.4, 0.5) is 11.8 Å². The fraction of sp³-hybridized carbons (Fsp3) is 0.722. The summed E-state index contributed by atoms with van der Waals surface area (Å²) in [4.78, 5) is 28.2. The lowest BCUT2D eigenvalue weighted by Gasteiger charge is -2.22. The van der Waals surface area contributed by atoms with Crippen LogP contribution in [-0.2, 0) is 4.79 Å². The van der Waals surface area contributed by atoms with Crippen molar-refractivity contribution in [1.82, 2.24) is 14.9 Å². The normalized spacial score (nSPS) is 29.2. The molecule has 24 heavy (non-hydrogen) atoms. The van der Waals surface area contributed by atoms with Crippen molar-refractivity contribution in [3.8, 4) is 0 Å². The number of carbonyl (C=O) groups excluding carboxylic acids is 1. The SMILES string of the molecule is CN(C)c1ccnc(N2CCC(C(=O)N3CC4CCCC4C3)C2)n1. The maximum absolute atomic E-state index is 12.9. The Balaban J connectivity index is 1.39. The quantitative estimate of drug-likeness (QED) is 0.844. The van der Waals surface area contributed by atoms with E-state index in [0.717, 1.165) is 56.2 Å². The van der Waals surface area contributed by atoms with E-state index < -0.39 is 0 Å². The van der Waals surface area contributed by atoms with Crippen LogP contribution in [0.15, 0.2) is 12.3 Å². The zero-order valence-electron chi connectivity index (χ0n) is 14.7. The molecule has 1 aromatic rings. The van der Waals surface area contributed by atoms with E-state index >= 15 is 0 Å². The molecule has 3 fully saturated rings. The number of hydrogen-bond donors (Lipinski definition) is 0. The lowest BCUT2D eigenvalue weighted by molar-refractivity contribution is -0.134. The summed E-state index contributed by atoms with van der Waals surface area (Å²) in [6, 6.07) is 1.91. The first kappa shape index (κ1) is 15.7. The number of likely N-dealkylation sites (tertiary alicyclic amines) is 1. The minimum Gasteiger partial charge on any atom is -0.363 e. The summed E-state index contributed by atoms with van der Waals surface area (Å²) in [5, 5.41) is 0. The number of amides is 1. The standard InChI is InChI=1S/C18H27N5O/c1-21(2)16-6-8-19-18(20-16)22-9-7-15(12-22)17(24)23-10-13-4-3-5-14(13)11-23/h6,8,13-15H,3-5,7,9-12H2,1-2H3. The number of carbonyl (C=O) groups is 1. The lowest BCUT2D eigenvalue weighted by Crippen LogP contribution is -2.36. The average molecular weight is 329 g/mol. The lowest BCUT2D eigenvalue weighted by atomic mass is 10.0. The van der Waals surface area contributed by atoms with Crippen LogP contribution in [0.5, 0.6) is 0 Å². The van der Waals surface area contributed by atoms with E-state index in [-0.39, 0.29) is 5.92 Å². The van der Waals surface area contributed by atoms with Crippen molar-refractivity contribution < 1.29 is 4.79 Å². The van der Waals surface area contributed by atoms with Crippen LogP contribution >= 0.6 is 0 Å². The molecular formula is C18H27N5O. The van der Waals surface area contributed by atoms with Gasteiger partial charge in [0.1, 0.15) is 5.82 Å². The largest absolute Gasteiger partial charge is 0.363 e. The van der Waals surface area contributed by atoms with Gasteiger partial charge in [0.25, 0.3) is 0 Å². The highest BCUT2D eigenvalue weighted by Crippen LogP contribution is 2.38. The third-order valence-corrected chi connectivity index (χ3v) is 5.94.